The van der Waals surface area contributed by atoms with Gasteiger partial charge in [0.2, 0.25) is 0 Å². The molecule has 1 aromatic carbocycles. The first-order chi connectivity index (χ1) is 13.0. The Bertz CT molecular complexity index is 761. The summed E-state index contributed by atoms with van der Waals surface area (Å²) in [5.74, 6) is 0.146. The van der Waals surface area contributed by atoms with E-state index >= 15 is 0 Å². The third kappa shape index (κ3) is 6.67. The molecule has 2 N–H and O–H groups in total. The molecule has 0 spiro atoms. The van der Waals surface area contributed by atoms with Crippen LogP contribution in [-0.4, -0.2) is 50.0 Å². The molecule has 1 heterocycles. The van der Waals surface area contributed by atoms with E-state index in [1.807, 2.05) is 14.0 Å². The first-order valence-electron chi connectivity index (χ1n) is 9.07. The van der Waals surface area contributed by atoms with Crippen molar-refractivity contribution in [2.24, 2.45) is 4.99 Å². The minimum Gasteiger partial charge on any atom is -0.357 e. The summed E-state index contributed by atoms with van der Waals surface area (Å²) >= 11 is 1.75. The van der Waals surface area contributed by atoms with Crippen molar-refractivity contribution in [3.05, 3.63) is 57.5 Å². The van der Waals surface area contributed by atoms with Crippen molar-refractivity contribution in [3.63, 3.8) is 0 Å². The summed E-state index contributed by atoms with van der Waals surface area (Å²) in [4.78, 5) is 20.1. The van der Waals surface area contributed by atoms with Gasteiger partial charge in [0, 0.05) is 37.1 Å². The van der Waals surface area contributed by atoms with E-state index in [-0.39, 0.29) is 11.7 Å². The molecule has 0 aliphatic rings. The number of carbonyl (C=O) groups excluding carboxylic acids is 1. The van der Waals surface area contributed by atoms with E-state index in [2.05, 4.69) is 38.0 Å². The normalized spacial score (nSPS) is 11.3. The fraction of sp³-hybridized carbons (Fsp3) is 0.400. The highest BCUT2D eigenvalue weighted by Gasteiger charge is 2.08. The van der Waals surface area contributed by atoms with E-state index in [1.165, 1.54) is 10.9 Å². The molecule has 2 rings (SSSR count). The molecule has 27 heavy (non-hydrogen) atoms. The van der Waals surface area contributed by atoms with Gasteiger partial charge in [0.25, 0.3) is 5.91 Å². The molecule has 0 radical (unpaired) electrons. The Morgan fingerprint density at radius 2 is 2.11 bits per heavy atom. The van der Waals surface area contributed by atoms with E-state index in [0.29, 0.717) is 24.2 Å². The van der Waals surface area contributed by atoms with E-state index in [1.54, 1.807) is 30.4 Å². The maximum atomic E-state index is 13.6. The zero-order chi connectivity index (χ0) is 19.6. The van der Waals surface area contributed by atoms with Crippen LogP contribution in [0.25, 0.3) is 0 Å². The number of aliphatic imine (C=N–C) groups is 1. The molecule has 1 amide bonds. The Kier molecular flexibility index (Phi) is 8.26. The van der Waals surface area contributed by atoms with Crippen molar-refractivity contribution in [1.29, 1.82) is 0 Å². The average molecular weight is 391 g/mol. The predicted octanol–water partition coefficient (Wildman–Crippen LogP) is 3.07. The van der Waals surface area contributed by atoms with Gasteiger partial charge in [-0.05, 0) is 49.4 Å². The number of rotatable bonds is 8. The Morgan fingerprint density at radius 1 is 1.30 bits per heavy atom. The molecular weight excluding hydrogens is 363 g/mol. The molecule has 1 aromatic heterocycles. The molecule has 0 saturated heterocycles. The number of amides is 1. The number of hydrogen-bond acceptors (Lipinski definition) is 3. The first kappa shape index (κ1) is 20.9. The van der Waals surface area contributed by atoms with Crippen LogP contribution in [0.15, 0.2) is 40.7 Å². The van der Waals surface area contributed by atoms with Crippen molar-refractivity contribution >= 4 is 23.2 Å². The van der Waals surface area contributed by atoms with Crippen LogP contribution >= 0.6 is 11.3 Å². The highest BCUT2D eigenvalue weighted by atomic mass is 32.1. The van der Waals surface area contributed by atoms with Crippen LogP contribution in [0.5, 0.6) is 0 Å². The third-order valence-corrected chi connectivity index (χ3v) is 5.00. The lowest BCUT2D eigenvalue weighted by Crippen LogP contribution is -2.40. The number of nitrogens with one attached hydrogen (secondary N) is 2. The van der Waals surface area contributed by atoms with E-state index in [4.69, 9.17) is 0 Å². The van der Waals surface area contributed by atoms with Gasteiger partial charge in [0.05, 0.1) is 6.54 Å². The Hall–Kier alpha value is -2.41. The number of carbonyl (C=O) groups is 1. The van der Waals surface area contributed by atoms with Crippen molar-refractivity contribution in [2.75, 3.05) is 33.2 Å². The fourth-order valence-corrected chi connectivity index (χ4v) is 3.17. The molecule has 0 saturated carbocycles. The smallest absolute Gasteiger partial charge is 0.251 e. The fourth-order valence-electron chi connectivity index (χ4n) is 2.48. The molecule has 0 fully saturated rings. The summed E-state index contributed by atoms with van der Waals surface area (Å²) in [6, 6.07) is 8.68. The molecule has 146 valence electrons. The van der Waals surface area contributed by atoms with Crippen LogP contribution in [0.4, 0.5) is 4.39 Å². The maximum Gasteiger partial charge on any atom is 0.251 e. The highest BCUT2D eigenvalue weighted by Crippen LogP contribution is 2.10. The van der Waals surface area contributed by atoms with Crippen molar-refractivity contribution < 1.29 is 9.18 Å². The summed E-state index contributed by atoms with van der Waals surface area (Å²) in [5, 5.41) is 8.12. The van der Waals surface area contributed by atoms with Crippen molar-refractivity contribution in [1.82, 2.24) is 15.5 Å². The quantitative estimate of drug-likeness (QED) is 0.414. The zero-order valence-corrected chi connectivity index (χ0v) is 16.9. The van der Waals surface area contributed by atoms with Gasteiger partial charge in [0.15, 0.2) is 5.96 Å². The SMILES string of the molecule is CCNC(=NCCNC(=O)c1ccc(C)c(F)c1)N(C)CCc1cccs1. The van der Waals surface area contributed by atoms with Gasteiger partial charge >= 0.3 is 0 Å². The van der Waals surface area contributed by atoms with Crippen LogP contribution < -0.4 is 10.6 Å². The van der Waals surface area contributed by atoms with Crippen LogP contribution in [-0.2, 0) is 6.42 Å². The van der Waals surface area contributed by atoms with Crippen molar-refractivity contribution in [2.45, 2.75) is 20.3 Å². The molecular formula is C20H27FN4OS. The summed E-state index contributed by atoms with van der Waals surface area (Å²) in [6.45, 7) is 6.17. The summed E-state index contributed by atoms with van der Waals surface area (Å²) < 4.78 is 13.6. The Labute approximate surface area is 164 Å². The van der Waals surface area contributed by atoms with Gasteiger partial charge in [-0.1, -0.05) is 12.1 Å². The van der Waals surface area contributed by atoms with Gasteiger partial charge in [0.1, 0.15) is 5.82 Å². The lowest BCUT2D eigenvalue weighted by atomic mass is 10.1. The number of aryl methyl sites for hydroxylation is 1. The number of halogens is 1. The molecule has 0 unspecified atom stereocenters. The molecule has 5 nitrogen and oxygen atoms in total. The monoisotopic (exact) mass is 390 g/mol. The highest BCUT2D eigenvalue weighted by molar-refractivity contribution is 7.09. The lowest BCUT2D eigenvalue weighted by molar-refractivity contribution is 0.0954. The van der Waals surface area contributed by atoms with Crippen molar-refractivity contribution in [3.8, 4) is 0 Å². The number of guanidine groups is 1. The standard InChI is InChI=1S/C20H27FN4OS/c1-4-22-20(25(3)12-9-17-6-5-13-27-17)24-11-10-23-19(26)16-8-7-15(2)18(21)14-16/h5-8,13-14H,4,9-12H2,1-3H3,(H,22,24)(H,23,26). The third-order valence-electron chi connectivity index (χ3n) is 4.06. The minimum absolute atomic E-state index is 0.292. The van der Waals surface area contributed by atoms with Gasteiger partial charge in [-0.3, -0.25) is 9.79 Å². The first-order valence-corrected chi connectivity index (χ1v) is 9.95. The van der Waals surface area contributed by atoms with E-state index < -0.39 is 0 Å². The molecule has 0 aliphatic heterocycles. The van der Waals surface area contributed by atoms with Gasteiger partial charge < -0.3 is 15.5 Å². The topological polar surface area (TPSA) is 56.7 Å². The van der Waals surface area contributed by atoms with Crippen LogP contribution in [0, 0.1) is 12.7 Å². The van der Waals surface area contributed by atoms with Gasteiger partial charge in [-0.25, -0.2) is 4.39 Å². The minimum atomic E-state index is -0.373. The predicted molar refractivity (Wildman–Crippen MR) is 110 cm³/mol. The van der Waals surface area contributed by atoms with E-state index in [0.717, 1.165) is 25.5 Å². The molecule has 2 aromatic rings. The summed E-state index contributed by atoms with van der Waals surface area (Å²) in [5.41, 5.74) is 0.846. The second kappa shape index (κ2) is 10.7. The van der Waals surface area contributed by atoms with Gasteiger partial charge in [-0.15, -0.1) is 11.3 Å². The number of nitrogens with zero attached hydrogens (tertiary/aromatic N) is 2. The largest absolute Gasteiger partial charge is 0.357 e. The second-order valence-corrected chi connectivity index (χ2v) is 7.24. The van der Waals surface area contributed by atoms with Crippen LogP contribution in [0.1, 0.15) is 27.7 Å². The molecule has 0 aliphatic carbocycles. The molecule has 0 bridgehead atoms. The number of benzene rings is 1. The number of thiophene rings is 1. The number of likely N-dealkylation sites (N-methyl/N-ethyl adjacent to an activating group) is 1. The lowest BCUT2D eigenvalue weighted by Gasteiger charge is -2.21. The Morgan fingerprint density at radius 3 is 2.78 bits per heavy atom. The molecule has 7 heteroatoms. The second-order valence-electron chi connectivity index (χ2n) is 6.21. The van der Waals surface area contributed by atoms with E-state index in [9.17, 15) is 9.18 Å². The summed E-state index contributed by atoms with van der Waals surface area (Å²) in [7, 11) is 2.00. The number of hydrogen-bond donors (Lipinski definition) is 2. The summed E-state index contributed by atoms with van der Waals surface area (Å²) in [6.07, 6.45) is 0.967. The Balaban J connectivity index is 1.82. The maximum absolute atomic E-state index is 13.6. The van der Waals surface area contributed by atoms with Crippen LogP contribution in [0.2, 0.25) is 0 Å². The van der Waals surface area contributed by atoms with Gasteiger partial charge in [-0.2, -0.15) is 0 Å². The average Bonchev–Trinajstić information content (AvgIpc) is 3.18. The molecule has 0 atom stereocenters. The van der Waals surface area contributed by atoms with Crippen LogP contribution in [0.3, 0.4) is 0 Å². The zero-order valence-electron chi connectivity index (χ0n) is 16.1.